The van der Waals surface area contributed by atoms with Gasteiger partial charge in [-0.05, 0) is 24.3 Å². The molecule has 2 rings (SSSR count). The number of carboxylic acid groups (broad SMARTS) is 1. The van der Waals surface area contributed by atoms with Crippen LogP contribution in [0.15, 0.2) is 41.6 Å². The van der Waals surface area contributed by atoms with E-state index in [1.807, 2.05) is 0 Å². The summed E-state index contributed by atoms with van der Waals surface area (Å²) in [5.74, 6) is -0.860. The van der Waals surface area contributed by atoms with Crippen molar-refractivity contribution in [2.75, 3.05) is 20.7 Å². The lowest BCUT2D eigenvalue weighted by Gasteiger charge is -2.14. The molecule has 0 saturated carbocycles. The van der Waals surface area contributed by atoms with Crippen molar-refractivity contribution in [3.63, 3.8) is 0 Å². The van der Waals surface area contributed by atoms with E-state index < -0.39 is 22.6 Å². The molecule has 1 heterocycles. The summed E-state index contributed by atoms with van der Waals surface area (Å²) in [5, 5.41) is 9.15. The lowest BCUT2D eigenvalue weighted by molar-refractivity contribution is -0.139. The Morgan fingerprint density at radius 2 is 2.00 bits per heavy atom. The van der Waals surface area contributed by atoms with Crippen molar-refractivity contribution in [1.82, 2.24) is 9.29 Å². The summed E-state index contributed by atoms with van der Waals surface area (Å²) in [7, 11) is -0.814. The first-order valence-corrected chi connectivity index (χ1v) is 8.55. The van der Waals surface area contributed by atoms with Crippen LogP contribution in [0, 0.1) is 0 Å². The van der Waals surface area contributed by atoms with Gasteiger partial charge in [-0.15, -0.1) is 0 Å². The smallest absolute Gasteiger partial charge is 0.341 e. The fraction of sp³-hybridized carbons (Fsp3) is 0.200. The zero-order valence-electron chi connectivity index (χ0n) is 12.9. The summed E-state index contributed by atoms with van der Waals surface area (Å²) in [6.07, 6.45) is 2.69. The average Bonchev–Trinajstić information content (AvgIpc) is 2.53. The molecule has 0 amide bonds. The van der Waals surface area contributed by atoms with E-state index in [1.165, 1.54) is 38.6 Å². The molecule has 24 heavy (non-hydrogen) atoms. The second-order valence-electron chi connectivity index (χ2n) is 5.02. The van der Waals surface area contributed by atoms with Gasteiger partial charge in [-0.3, -0.25) is 4.98 Å². The average molecular weight is 371 g/mol. The number of sulfonamides is 1. The topological polar surface area (TPSA) is 96.8 Å². The van der Waals surface area contributed by atoms with Crippen molar-refractivity contribution in [3.05, 3.63) is 41.7 Å². The molecule has 7 nitrogen and oxygen atoms in total. The Morgan fingerprint density at radius 3 is 2.62 bits per heavy atom. The molecule has 128 valence electrons. The zero-order valence-corrected chi connectivity index (χ0v) is 14.5. The van der Waals surface area contributed by atoms with Gasteiger partial charge >= 0.3 is 5.97 Å². The number of pyridine rings is 1. The Bertz CT molecular complexity index is 868. The molecule has 1 aromatic carbocycles. The standard InChI is InChI=1S/C15H15ClN2O5S/c1-18(2)24(21,22)12-5-10(7-17-8-12)13-6-11(16)3-4-14(13)23-9-15(19)20/h3-8H,9H2,1-2H3,(H,19,20). The van der Waals surface area contributed by atoms with Gasteiger partial charge in [-0.1, -0.05) is 11.6 Å². The molecule has 1 aromatic heterocycles. The van der Waals surface area contributed by atoms with Crippen molar-refractivity contribution in [3.8, 4) is 16.9 Å². The molecule has 0 bridgehead atoms. The molecule has 0 spiro atoms. The molecule has 0 aliphatic carbocycles. The summed E-state index contributed by atoms with van der Waals surface area (Å²) in [4.78, 5) is 14.7. The van der Waals surface area contributed by atoms with Crippen LogP contribution in [0.25, 0.3) is 11.1 Å². The van der Waals surface area contributed by atoms with Gasteiger partial charge in [-0.2, -0.15) is 0 Å². The number of benzene rings is 1. The van der Waals surface area contributed by atoms with E-state index in [0.29, 0.717) is 16.1 Å². The highest BCUT2D eigenvalue weighted by molar-refractivity contribution is 7.89. The van der Waals surface area contributed by atoms with E-state index in [9.17, 15) is 13.2 Å². The maximum Gasteiger partial charge on any atom is 0.341 e. The van der Waals surface area contributed by atoms with Gasteiger partial charge in [0.15, 0.2) is 6.61 Å². The van der Waals surface area contributed by atoms with Crippen LogP contribution in [0.2, 0.25) is 5.02 Å². The minimum Gasteiger partial charge on any atom is -0.481 e. The van der Waals surface area contributed by atoms with Gasteiger partial charge in [0.1, 0.15) is 10.6 Å². The van der Waals surface area contributed by atoms with Crippen molar-refractivity contribution in [1.29, 1.82) is 0 Å². The van der Waals surface area contributed by atoms with E-state index in [-0.39, 0.29) is 10.6 Å². The minimum atomic E-state index is -3.65. The van der Waals surface area contributed by atoms with Crippen LogP contribution in [0.1, 0.15) is 0 Å². The van der Waals surface area contributed by atoms with E-state index >= 15 is 0 Å². The predicted molar refractivity (Wildman–Crippen MR) is 88.7 cm³/mol. The SMILES string of the molecule is CN(C)S(=O)(=O)c1cncc(-c2cc(Cl)ccc2OCC(=O)O)c1. The van der Waals surface area contributed by atoms with E-state index in [1.54, 1.807) is 12.1 Å². The number of ether oxygens (including phenoxy) is 1. The highest BCUT2D eigenvalue weighted by atomic mass is 35.5. The van der Waals surface area contributed by atoms with Crippen LogP contribution in [0.3, 0.4) is 0 Å². The Hall–Kier alpha value is -2.16. The van der Waals surface area contributed by atoms with E-state index in [0.717, 1.165) is 4.31 Å². The maximum atomic E-state index is 12.2. The zero-order chi connectivity index (χ0) is 17.9. The van der Waals surface area contributed by atoms with Crippen molar-refractivity contribution in [2.24, 2.45) is 0 Å². The third-order valence-corrected chi connectivity index (χ3v) is 5.11. The van der Waals surface area contributed by atoms with Crippen LogP contribution in [-0.2, 0) is 14.8 Å². The molecule has 1 N–H and O–H groups in total. The molecular weight excluding hydrogens is 356 g/mol. The molecule has 0 saturated heterocycles. The lowest BCUT2D eigenvalue weighted by Crippen LogP contribution is -2.22. The van der Waals surface area contributed by atoms with Crippen molar-refractivity contribution in [2.45, 2.75) is 4.90 Å². The quantitative estimate of drug-likeness (QED) is 0.836. The van der Waals surface area contributed by atoms with Crippen LogP contribution in [0.4, 0.5) is 0 Å². The van der Waals surface area contributed by atoms with Crippen LogP contribution in [0.5, 0.6) is 5.75 Å². The fourth-order valence-electron chi connectivity index (χ4n) is 1.91. The van der Waals surface area contributed by atoms with Crippen LogP contribution >= 0.6 is 11.6 Å². The molecule has 9 heteroatoms. The van der Waals surface area contributed by atoms with Crippen LogP contribution < -0.4 is 4.74 Å². The van der Waals surface area contributed by atoms with Gasteiger partial charge in [0.05, 0.1) is 0 Å². The Morgan fingerprint density at radius 1 is 1.29 bits per heavy atom. The number of halogens is 1. The summed E-state index contributed by atoms with van der Waals surface area (Å²) in [6.45, 7) is -0.530. The first kappa shape index (κ1) is 18.2. The van der Waals surface area contributed by atoms with Gasteiger partial charge < -0.3 is 9.84 Å². The molecule has 0 aliphatic rings. The summed E-state index contributed by atoms with van der Waals surface area (Å²) in [5.41, 5.74) is 0.896. The lowest BCUT2D eigenvalue weighted by atomic mass is 10.1. The largest absolute Gasteiger partial charge is 0.481 e. The normalized spacial score (nSPS) is 11.5. The van der Waals surface area contributed by atoms with Gasteiger partial charge in [0.2, 0.25) is 10.0 Å². The highest BCUT2D eigenvalue weighted by Gasteiger charge is 2.19. The first-order chi connectivity index (χ1) is 11.2. The summed E-state index contributed by atoms with van der Waals surface area (Å²) >= 11 is 5.99. The molecule has 2 aromatic rings. The molecular formula is C15H15ClN2O5S. The van der Waals surface area contributed by atoms with E-state index in [4.69, 9.17) is 21.4 Å². The van der Waals surface area contributed by atoms with Gasteiger partial charge in [-0.25, -0.2) is 17.5 Å². The van der Waals surface area contributed by atoms with Gasteiger partial charge in [0.25, 0.3) is 0 Å². The minimum absolute atomic E-state index is 0.00848. The summed E-state index contributed by atoms with van der Waals surface area (Å²) in [6, 6.07) is 6.06. The first-order valence-electron chi connectivity index (χ1n) is 6.74. The Balaban J connectivity index is 2.52. The van der Waals surface area contributed by atoms with Crippen LogP contribution in [-0.4, -0.2) is 49.5 Å². The number of aromatic nitrogens is 1. The fourth-order valence-corrected chi connectivity index (χ4v) is 2.97. The highest BCUT2D eigenvalue weighted by Crippen LogP contribution is 2.33. The Kier molecular flexibility index (Phi) is 5.43. The van der Waals surface area contributed by atoms with Crippen molar-refractivity contribution < 1.29 is 23.1 Å². The number of carboxylic acids is 1. The second kappa shape index (κ2) is 7.16. The number of hydrogen-bond donors (Lipinski definition) is 1. The third-order valence-electron chi connectivity index (χ3n) is 3.10. The number of carbonyl (C=O) groups is 1. The van der Waals surface area contributed by atoms with Crippen molar-refractivity contribution >= 4 is 27.6 Å². The number of aliphatic carboxylic acids is 1. The molecule has 0 unspecified atom stereocenters. The number of rotatable bonds is 6. The maximum absolute atomic E-state index is 12.2. The number of nitrogens with zero attached hydrogens (tertiary/aromatic N) is 2. The third kappa shape index (κ3) is 4.02. The predicted octanol–water partition coefficient (Wildman–Crippen LogP) is 2.12. The molecule has 0 fully saturated rings. The summed E-state index contributed by atoms with van der Waals surface area (Å²) < 4.78 is 30.8. The molecule has 0 aliphatic heterocycles. The van der Waals surface area contributed by atoms with Gasteiger partial charge in [0, 0.05) is 42.6 Å². The van der Waals surface area contributed by atoms with E-state index in [2.05, 4.69) is 4.98 Å². The monoisotopic (exact) mass is 370 g/mol. The molecule has 0 radical (unpaired) electrons. The Labute approximate surface area is 144 Å². The molecule has 0 atom stereocenters. The second-order valence-corrected chi connectivity index (χ2v) is 7.61. The number of hydrogen-bond acceptors (Lipinski definition) is 5.